The van der Waals surface area contributed by atoms with Gasteiger partial charge in [0.2, 0.25) is 0 Å². The highest BCUT2D eigenvalue weighted by Crippen LogP contribution is 2.26. The minimum atomic E-state index is -2.91. The molecule has 1 aromatic carbocycles. The van der Waals surface area contributed by atoms with E-state index in [1.807, 2.05) is 0 Å². The van der Waals surface area contributed by atoms with Crippen molar-refractivity contribution in [2.45, 2.75) is 32.8 Å². The van der Waals surface area contributed by atoms with Gasteiger partial charge in [0.15, 0.2) is 0 Å². The molecule has 0 fully saturated rings. The second kappa shape index (κ2) is 7.28. The van der Waals surface area contributed by atoms with Crippen molar-refractivity contribution in [1.29, 1.82) is 0 Å². The Morgan fingerprint density at radius 3 is 2.58 bits per heavy atom. The Morgan fingerprint density at radius 1 is 1.37 bits per heavy atom. The molecule has 0 saturated heterocycles. The maximum atomic E-state index is 12.3. The minimum absolute atomic E-state index is 0.0181. The van der Waals surface area contributed by atoms with Crippen LogP contribution in [-0.2, 0) is 21.8 Å². The molecular weight excluding hydrogens is 278 g/mol. The minimum Gasteiger partial charge on any atom is -0.466 e. The Morgan fingerprint density at radius 2 is 2.05 bits per heavy atom. The Kier molecular flexibility index (Phi) is 6.02. The molecule has 0 aliphatic heterocycles. The van der Waals surface area contributed by atoms with E-state index in [9.17, 15) is 13.6 Å². The lowest BCUT2D eigenvalue weighted by Crippen LogP contribution is -2.10. The summed E-state index contributed by atoms with van der Waals surface area (Å²) in [4.78, 5) is 11.4. The highest BCUT2D eigenvalue weighted by atomic mass is 35.5. The number of carbonyl (C=O) groups is 1. The highest BCUT2D eigenvalue weighted by molar-refractivity contribution is 6.17. The summed E-state index contributed by atoms with van der Waals surface area (Å²) in [7, 11) is 0. The molecule has 0 unspecified atom stereocenters. The van der Waals surface area contributed by atoms with Gasteiger partial charge in [0.1, 0.15) is 5.75 Å². The smallest absolute Gasteiger partial charge is 0.387 e. The summed E-state index contributed by atoms with van der Waals surface area (Å²) in [6, 6.07) is 3.05. The number of esters is 1. The van der Waals surface area contributed by atoms with E-state index in [-0.39, 0.29) is 24.7 Å². The van der Waals surface area contributed by atoms with Gasteiger partial charge in [0, 0.05) is 5.88 Å². The Bertz CT molecular complexity index is 450. The van der Waals surface area contributed by atoms with Gasteiger partial charge in [-0.05, 0) is 36.6 Å². The standard InChI is InChI=1S/C13H15ClF2O3/c1-3-18-12(17)6-9-5-11(19-13(15)16)8(2)4-10(9)7-14/h4-5,13H,3,6-7H2,1-2H3. The largest absolute Gasteiger partial charge is 0.466 e. The third-order valence-electron chi connectivity index (χ3n) is 2.50. The fourth-order valence-corrected chi connectivity index (χ4v) is 1.92. The number of ether oxygens (including phenoxy) is 2. The summed E-state index contributed by atoms with van der Waals surface area (Å²) in [5, 5.41) is 0. The molecule has 0 bridgehead atoms. The Balaban J connectivity index is 3.02. The summed E-state index contributed by atoms with van der Waals surface area (Å²) in [6.07, 6.45) is -0.0181. The molecule has 0 heterocycles. The number of benzene rings is 1. The van der Waals surface area contributed by atoms with Crippen molar-refractivity contribution in [3.05, 3.63) is 28.8 Å². The quantitative estimate of drug-likeness (QED) is 0.595. The molecule has 1 rings (SSSR count). The summed E-state index contributed by atoms with van der Waals surface area (Å²) in [6.45, 7) is 0.695. The van der Waals surface area contributed by atoms with Crippen LogP contribution < -0.4 is 4.74 Å². The van der Waals surface area contributed by atoms with Crippen LogP contribution in [0.4, 0.5) is 8.78 Å². The normalized spacial score (nSPS) is 10.6. The number of halogens is 3. The number of rotatable bonds is 6. The van der Waals surface area contributed by atoms with Crippen molar-refractivity contribution in [1.82, 2.24) is 0 Å². The predicted octanol–water partition coefficient (Wildman–Crippen LogP) is 3.44. The topological polar surface area (TPSA) is 35.5 Å². The second-order valence-electron chi connectivity index (χ2n) is 3.88. The van der Waals surface area contributed by atoms with Crippen molar-refractivity contribution >= 4 is 17.6 Å². The van der Waals surface area contributed by atoms with Gasteiger partial charge in [0.05, 0.1) is 13.0 Å². The van der Waals surface area contributed by atoms with Gasteiger partial charge in [-0.1, -0.05) is 6.07 Å². The number of alkyl halides is 3. The number of carbonyl (C=O) groups excluding carboxylic acids is 1. The molecule has 0 saturated carbocycles. The SMILES string of the molecule is CCOC(=O)Cc1cc(OC(F)F)c(C)cc1CCl. The van der Waals surface area contributed by atoms with E-state index >= 15 is 0 Å². The molecule has 0 atom stereocenters. The monoisotopic (exact) mass is 292 g/mol. The van der Waals surface area contributed by atoms with Crippen LogP contribution in [-0.4, -0.2) is 19.2 Å². The van der Waals surface area contributed by atoms with Crippen LogP contribution in [0.1, 0.15) is 23.6 Å². The molecule has 19 heavy (non-hydrogen) atoms. The molecule has 0 N–H and O–H groups in total. The molecular formula is C13H15ClF2O3. The van der Waals surface area contributed by atoms with Gasteiger partial charge < -0.3 is 9.47 Å². The maximum absolute atomic E-state index is 12.3. The van der Waals surface area contributed by atoms with E-state index < -0.39 is 12.6 Å². The van der Waals surface area contributed by atoms with Crippen LogP contribution in [0.3, 0.4) is 0 Å². The number of aryl methyl sites for hydroxylation is 1. The van der Waals surface area contributed by atoms with Crippen LogP contribution in [0.25, 0.3) is 0 Å². The molecule has 0 aromatic heterocycles. The van der Waals surface area contributed by atoms with Gasteiger partial charge in [-0.3, -0.25) is 4.79 Å². The Hall–Kier alpha value is -1.36. The van der Waals surface area contributed by atoms with Crippen molar-refractivity contribution < 1.29 is 23.0 Å². The molecule has 0 aliphatic carbocycles. The van der Waals surface area contributed by atoms with Crippen LogP contribution in [0, 0.1) is 6.92 Å². The second-order valence-corrected chi connectivity index (χ2v) is 4.15. The first-order valence-electron chi connectivity index (χ1n) is 5.76. The van der Waals surface area contributed by atoms with Crippen LogP contribution >= 0.6 is 11.6 Å². The summed E-state index contributed by atoms with van der Waals surface area (Å²) in [5.41, 5.74) is 1.78. The lowest BCUT2D eigenvalue weighted by atomic mass is 10.0. The lowest BCUT2D eigenvalue weighted by molar-refractivity contribution is -0.142. The molecule has 0 spiro atoms. The number of hydrogen-bond donors (Lipinski definition) is 0. The zero-order valence-corrected chi connectivity index (χ0v) is 11.5. The van der Waals surface area contributed by atoms with Crippen LogP contribution in [0.2, 0.25) is 0 Å². The third-order valence-corrected chi connectivity index (χ3v) is 2.79. The molecule has 1 aromatic rings. The maximum Gasteiger partial charge on any atom is 0.387 e. The highest BCUT2D eigenvalue weighted by Gasteiger charge is 2.14. The number of hydrogen-bond acceptors (Lipinski definition) is 3. The molecule has 3 nitrogen and oxygen atoms in total. The predicted molar refractivity (Wildman–Crippen MR) is 67.7 cm³/mol. The van der Waals surface area contributed by atoms with E-state index in [1.165, 1.54) is 6.07 Å². The molecule has 106 valence electrons. The van der Waals surface area contributed by atoms with Crippen molar-refractivity contribution in [2.75, 3.05) is 6.61 Å². The molecule has 6 heteroatoms. The zero-order valence-electron chi connectivity index (χ0n) is 10.7. The fraction of sp³-hybridized carbons (Fsp3) is 0.462. The molecule has 0 aliphatic rings. The lowest BCUT2D eigenvalue weighted by Gasteiger charge is -2.13. The van der Waals surface area contributed by atoms with E-state index in [0.717, 1.165) is 0 Å². The van der Waals surface area contributed by atoms with Gasteiger partial charge in [-0.2, -0.15) is 8.78 Å². The summed E-state index contributed by atoms with van der Waals surface area (Å²) in [5.74, 6) is -0.200. The van der Waals surface area contributed by atoms with Gasteiger partial charge in [-0.15, -0.1) is 11.6 Å². The van der Waals surface area contributed by atoms with Crippen molar-refractivity contribution in [3.63, 3.8) is 0 Å². The summed E-state index contributed by atoms with van der Waals surface area (Å²) >= 11 is 5.78. The average molecular weight is 293 g/mol. The zero-order chi connectivity index (χ0) is 14.4. The average Bonchev–Trinajstić information content (AvgIpc) is 2.32. The van der Waals surface area contributed by atoms with E-state index in [1.54, 1.807) is 19.9 Å². The van der Waals surface area contributed by atoms with E-state index in [0.29, 0.717) is 16.7 Å². The molecule has 0 radical (unpaired) electrons. The van der Waals surface area contributed by atoms with Crippen molar-refractivity contribution in [2.24, 2.45) is 0 Å². The Labute approximate surface area is 115 Å². The van der Waals surface area contributed by atoms with Gasteiger partial charge in [-0.25, -0.2) is 0 Å². The van der Waals surface area contributed by atoms with Gasteiger partial charge in [0.25, 0.3) is 0 Å². The fourth-order valence-electron chi connectivity index (χ4n) is 1.67. The summed E-state index contributed by atoms with van der Waals surface area (Å²) < 4.78 is 33.7. The van der Waals surface area contributed by atoms with Crippen LogP contribution in [0.15, 0.2) is 12.1 Å². The molecule has 0 amide bonds. The van der Waals surface area contributed by atoms with Crippen LogP contribution in [0.5, 0.6) is 5.75 Å². The first-order chi connectivity index (χ1) is 8.97. The third kappa shape index (κ3) is 4.67. The first-order valence-corrected chi connectivity index (χ1v) is 6.30. The van der Waals surface area contributed by atoms with Crippen molar-refractivity contribution in [3.8, 4) is 5.75 Å². The van der Waals surface area contributed by atoms with E-state index in [4.69, 9.17) is 16.3 Å². The first kappa shape index (κ1) is 15.7. The van der Waals surface area contributed by atoms with Gasteiger partial charge >= 0.3 is 12.6 Å². The van der Waals surface area contributed by atoms with E-state index in [2.05, 4.69) is 4.74 Å².